The number of aromatic nitrogens is 2. The minimum absolute atomic E-state index is 0.285. The lowest BCUT2D eigenvalue weighted by Gasteiger charge is -2.23. The molecule has 1 atom stereocenters. The van der Waals surface area contributed by atoms with Gasteiger partial charge in [-0.05, 0) is 83.4 Å². The van der Waals surface area contributed by atoms with Gasteiger partial charge in [-0.2, -0.15) is 0 Å². The van der Waals surface area contributed by atoms with Crippen LogP contribution in [0.25, 0.3) is 88.1 Å². The van der Waals surface area contributed by atoms with E-state index in [2.05, 4.69) is 190 Å². The van der Waals surface area contributed by atoms with Gasteiger partial charge in [-0.1, -0.05) is 146 Å². The summed E-state index contributed by atoms with van der Waals surface area (Å²) in [6, 6.07) is 75.1. The SMILES string of the molecule is c1ccc(C2=NC(c3ccccc3)NC(c3ccc4c(c3)oc3c(-n5c6ccccc6c6cc(-c7ccc8c(c7)c7ccccc7n8-c7ccccc7)ccc65)cccc34)=N2)cc1. The highest BCUT2D eigenvalue weighted by Gasteiger charge is 2.23. The number of nitrogens with one attached hydrogen (secondary N) is 1. The molecular weight excluding hydrogens is 771 g/mol. The summed E-state index contributed by atoms with van der Waals surface area (Å²) in [5.74, 6) is 1.44. The van der Waals surface area contributed by atoms with Crippen molar-refractivity contribution in [3.63, 3.8) is 0 Å². The van der Waals surface area contributed by atoms with Crippen LogP contribution in [-0.4, -0.2) is 20.8 Å². The van der Waals surface area contributed by atoms with Crippen molar-refractivity contribution in [2.45, 2.75) is 6.17 Å². The van der Waals surface area contributed by atoms with E-state index in [1.54, 1.807) is 0 Å². The highest BCUT2D eigenvalue weighted by Crippen LogP contribution is 2.41. The van der Waals surface area contributed by atoms with Crippen molar-refractivity contribution in [2.75, 3.05) is 0 Å². The zero-order valence-electron chi connectivity index (χ0n) is 34.0. The van der Waals surface area contributed by atoms with E-state index in [1.807, 2.05) is 36.4 Å². The molecule has 1 unspecified atom stereocenters. The molecule has 13 rings (SSSR count). The molecule has 0 spiro atoms. The Kier molecular flexibility index (Phi) is 7.87. The largest absolute Gasteiger partial charge is 0.454 e. The van der Waals surface area contributed by atoms with Gasteiger partial charge in [-0.15, -0.1) is 0 Å². The fraction of sp³-hybridized carbons (Fsp3) is 0.0175. The molecule has 12 aromatic rings. The molecule has 0 saturated heterocycles. The molecule has 6 nitrogen and oxygen atoms in total. The number of furan rings is 1. The highest BCUT2D eigenvalue weighted by molar-refractivity contribution is 6.17. The van der Waals surface area contributed by atoms with Crippen LogP contribution in [-0.2, 0) is 0 Å². The first-order valence-electron chi connectivity index (χ1n) is 21.4. The van der Waals surface area contributed by atoms with Crippen LogP contribution in [0.1, 0.15) is 22.9 Å². The standard InChI is InChI=1S/C57H37N5O/c1-4-15-36(16-5-1)55-58-56(37-17-6-2-7-18-37)60-57(59-55)40-27-30-44-45-23-14-26-52(54(45)63-53(44)35-40)62-49-25-13-11-22-43(49)47-34-39(29-32-51(47)62)38-28-31-50-46(33-38)42-21-10-12-24-48(42)61(50)41-19-8-3-9-20-41/h1-35,55H,(H,58,59,60). The van der Waals surface area contributed by atoms with Crippen LogP contribution in [0, 0.1) is 0 Å². The number of fused-ring (bicyclic) bond motifs is 9. The van der Waals surface area contributed by atoms with Gasteiger partial charge in [0, 0.05) is 49.1 Å². The molecule has 0 bridgehead atoms. The van der Waals surface area contributed by atoms with E-state index in [0.29, 0.717) is 5.84 Å². The Morgan fingerprint density at radius 1 is 0.413 bits per heavy atom. The number of hydrogen-bond acceptors (Lipinski definition) is 4. The summed E-state index contributed by atoms with van der Waals surface area (Å²) in [6.07, 6.45) is -0.285. The van der Waals surface area contributed by atoms with Crippen molar-refractivity contribution in [3.05, 3.63) is 229 Å². The average molecular weight is 808 g/mol. The minimum atomic E-state index is -0.285. The normalized spacial score (nSPS) is 14.2. The number of benzene rings is 9. The summed E-state index contributed by atoms with van der Waals surface area (Å²) < 4.78 is 11.6. The monoisotopic (exact) mass is 807 g/mol. The van der Waals surface area contributed by atoms with E-state index in [4.69, 9.17) is 14.4 Å². The molecule has 0 radical (unpaired) electrons. The topological polar surface area (TPSA) is 59.8 Å². The van der Waals surface area contributed by atoms with Crippen LogP contribution in [0.5, 0.6) is 0 Å². The molecule has 296 valence electrons. The van der Waals surface area contributed by atoms with Gasteiger partial charge in [0.05, 0.1) is 27.8 Å². The third-order valence-corrected chi connectivity index (χ3v) is 12.6. The molecule has 1 aliphatic heterocycles. The maximum atomic E-state index is 6.93. The molecule has 1 N–H and O–H groups in total. The van der Waals surface area contributed by atoms with Crippen molar-refractivity contribution in [2.24, 2.45) is 9.98 Å². The van der Waals surface area contributed by atoms with Gasteiger partial charge < -0.3 is 18.9 Å². The van der Waals surface area contributed by atoms with Crippen LogP contribution in [0.2, 0.25) is 0 Å². The van der Waals surface area contributed by atoms with E-state index < -0.39 is 0 Å². The van der Waals surface area contributed by atoms with Crippen LogP contribution in [0.4, 0.5) is 0 Å². The van der Waals surface area contributed by atoms with Gasteiger partial charge in [0.2, 0.25) is 0 Å². The summed E-state index contributed by atoms with van der Waals surface area (Å²) in [6.45, 7) is 0. The average Bonchev–Trinajstić information content (AvgIpc) is 4.02. The molecule has 4 heterocycles. The summed E-state index contributed by atoms with van der Waals surface area (Å²) in [7, 11) is 0. The smallest absolute Gasteiger partial charge is 0.159 e. The Morgan fingerprint density at radius 2 is 0.984 bits per heavy atom. The molecule has 63 heavy (non-hydrogen) atoms. The molecule has 1 aliphatic rings. The molecule has 9 aromatic carbocycles. The second kappa shape index (κ2) is 14.0. The molecule has 0 amide bonds. The minimum Gasteiger partial charge on any atom is -0.454 e. The van der Waals surface area contributed by atoms with Crippen LogP contribution >= 0.6 is 0 Å². The van der Waals surface area contributed by atoms with Crippen molar-refractivity contribution in [1.82, 2.24) is 14.5 Å². The van der Waals surface area contributed by atoms with Gasteiger partial charge in [0.25, 0.3) is 0 Å². The van der Waals surface area contributed by atoms with Crippen molar-refractivity contribution in [3.8, 4) is 22.5 Å². The van der Waals surface area contributed by atoms with Crippen molar-refractivity contribution >= 4 is 77.2 Å². The number of para-hydroxylation sites is 4. The zero-order chi connectivity index (χ0) is 41.4. The molecule has 3 aromatic heterocycles. The molecule has 0 aliphatic carbocycles. The van der Waals surface area contributed by atoms with Gasteiger partial charge >= 0.3 is 0 Å². The third-order valence-electron chi connectivity index (χ3n) is 12.6. The fourth-order valence-corrected chi connectivity index (χ4v) is 9.65. The van der Waals surface area contributed by atoms with Crippen molar-refractivity contribution < 1.29 is 4.42 Å². The Hall–Kier alpha value is -8.48. The fourth-order valence-electron chi connectivity index (χ4n) is 9.65. The van der Waals surface area contributed by atoms with Gasteiger partial charge in [-0.3, -0.25) is 0 Å². The molecule has 6 heteroatoms. The lowest BCUT2D eigenvalue weighted by Crippen LogP contribution is -2.33. The van der Waals surface area contributed by atoms with Crippen LogP contribution in [0.3, 0.4) is 0 Å². The third kappa shape index (κ3) is 5.65. The molecule has 0 saturated carbocycles. The highest BCUT2D eigenvalue weighted by atomic mass is 16.3. The maximum Gasteiger partial charge on any atom is 0.159 e. The number of nitrogens with zero attached hydrogens (tertiary/aromatic N) is 4. The van der Waals surface area contributed by atoms with Crippen molar-refractivity contribution in [1.29, 1.82) is 0 Å². The number of hydrogen-bond donors (Lipinski definition) is 1. The predicted molar refractivity (Wildman–Crippen MR) is 260 cm³/mol. The van der Waals surface area contributed by atoms with E-state index in [0.717, 1.165) is 66.9 Å². The van der Waals surface area contributed by atoms with E-state index in [1.165, 1.54) is 43.7 Å². The summed E-state index contributed by atoms with van der Waals surface area (Å²) in [5, 5.41) is 10.6. The Balaban J connectivity index is 0.928. The first-order valence-corrected chi connectivity index (χ1v) is 21.4. The van der Waals surface area contributed by atoms with E-state index in [-0.39, 0.29) is 6.17 Å². The van der Waals surface area contributed by atoms with Crippen LogP contribution < -0.4 is 5.32 Å². The van der Waals surface area contributed by atoms with E-state index >= 15 is 0 Å². The summed E-state index contributed by atoms with van der Waals surface area (Å²) in [4.78, 5) is 10.1. The molecular formula is C57H37N5O. The predicted octanol–water partition coefficient (Wildman–Crippen LogP) is 13.9. The summed E-state index contributed by atoms with van der Waals surface area (Å²) >= 11 is 0. The lowest BCUT2D eigenvalue weighted by atomic mass is 10.0. The Bertz CT molecular complexity index is 3820. The first kappa shape index (κ1) is 35.3. The number of aliphatic imine (C=N–C) groups is 2. The number of rotatable bonds is 6. The maximum absolute atomic E-state index is 6.93. The second-order valence-corrected chi connectivity index (χ2v) is 16.2. The second-order valence-electron chi connectivity index (χ2n) is 16.2. The van der Waals surface area contributed by atoms with Crippen LogP contribution in [0.15, 0.2) is 227 Å². The first-order chi connectivity index (χ1) is 31.2. The lowest BCUT2D eigenvalue weighted by molar-refractivity contribution is 0.664. The Morgan fingerprint density at radius 3 is 1.70 bits per heavy atom. The molecule has 0 fully saturated rings. The zero-order valence-corrected chi connectivity index (χ0v) is 34.0. The summed E-state index contributed by atoms with van der Waals surface area (Å²) in [5.41, 5.74) is 13.8. The number of amidine groups is 2. The Labute approximate surface area is 362 Å². The van der Waals surface area contributed by atoms with Gasteiger partial charge in [0.1, 0.15) is 17.6 Å². The quantitative estimate of drug-likeness (QED) is 0.182. The van der Waals surface area contributed by atoms with Gasteiger partial charge in [-0.25, -0.2) is 9.98 Å². The van der Waals surface area contributed by atoms with Gasteiger partial charge in [0.15, 0.2) is 11.4 Å². The van der Waals surface area contributed by atoms with E-state index in [9.17, 15) is 0 Å².